The molecule has 3 rings (SSSR count). The van der Waals surface area contributed by atoms with Crippen molar-refractivity contribution in [1.29, 1.82) is 0 Å². The molecular formula is C19H27N5S. The lowest BCUT2D eigenvalue weighted by molar-refractivity contribution is 0.372. The van der Waals surface area contributed by atoms with Crippen LogP contribution in [0.2, 0.25) is 0 Å². The Kier molecular flexibility index (Phi) is 6.28. The van der Waals surface area contributed by atoms with E-state index in [0.29, 0.717) is 6.54 Å². The molecule has 0 radical (unpaired) electrons. The van der Waals surface area contributed by atoms with Crippen LogP contribution in [-0.2, 0) is 13.0 Å². The fraction of sp³-hybridized carbons (Fsp3) is 0.474. The SMILES string of the molecule is CCNC(=NCc1csc(CC)n1)N1CCN(c2ccccc2)CC1. The quantitative estimate of drug-likeness (QED) is 0.660. The summed E-state index contributed by atoms with van der Waals surface area (Å²) in [6, 6.07) is 10.6. The molecule has 0 unspecified atom stereocenters. The summed E-state index contributed by atoms with van der Waals surface area (Å²) in [5.41, 5.74) is 2.37. The van der Waals surface area contributed by atoms with Gasteiger partial charge in [0.25, 0.3) is 0 Å². The van der Waals surface area contributed by atoms with Gasteiger partial charge in [-0.3, -0.25) is 0 Å². The molecule has 1 saturated heterocycles. The van der Waals surface area contributed by atoms with Gasteiger partial charge >= 0.3 is 0 Å². The second kappa shape index (κ2) is 8.85. The van der Waals surface area contributed by atoms with Gasteiger partial charge in [0.2, 0.25) is 0 Å². The van der Waals surface area contributed by atoms with Gasteiger partial charge in [0, 0.05) is 43.8 Å². The summed E-state index contributed by atoms with van der Waals surface area (Å²) in [4.78, 5) is 14.2. The maximum atomic E-state index is 4.81. The van der Waals surface area contributed by atoms with E-state index in [-0.39, 0.29) is 0 Å². The molecule has 2 aromatic rings. The fourth-order valence-corrected chi connectivity index (χ4v) is 3.72. The number of para-hydroxylation sites is 1. The third-order valence-corrected chi connectivity index (χ3v) is 5.37. The summed E-state index contributed by atoms with van der Waals surface area (Å²) >= 11 is 1.73. The Morgan fingerprint density at radius 3 is 2.56 bits per heavy atom. The van der Waals surface area contributed by atoms with E-state index in [0.717, 1.165) is 50.8 Å². The molecule has 0 aliphatic carbocycles. The highest BCUT2D eigenvalue weighted by Crippen LogP contribution is 2.16. The van der Waals surface area contributed by atoms with Crippen molar-refractivity contribution >= 4 is 23.0 Å². The van der Waals surface area contributed by atoms with E-state index in [1.807, 2.05) is 0 Å². The van der Waals surface area contributed by atoms with Gasteiger partial charge in [0.1, 0.15) is 0 Å². The normalized spacial score (nSPS) is 15.5. The number of benzene rings is 1. The number of guanidine groups is 1. The molecule has 1 aliphatic heterocycles. The first-order chi connectivity index (χ1) is 12.3. The summed E-state index contributed by atoms with van der Waals surface area (Å²) in [6.07, 6.45) is 0.996. The van der Waals surface area contributed by atoms with Crippen molar-refractivity contribution in [3.63, 3.8) is 0 Å². The van der Waals surface area contributed by atoms with Gasteiger partial charge in [0.05, 0.1) is 17.2 Å². The average molecular weight is 358 g/mol. The number of nitrogens with one attached hydrogen (secondary N) is 1. The van der Waals surface area contributed by atoms with Crippen molar-refractivity contribution in [2.45, 2.75) is 26.8 Å². The van der Waals surface area contributed by atoms with Crippen LogP contribution in [0.15, 0.2) is 40.7 Å². The molecule has 2 heterocycles. The van der Waals surface area contributed by atoms with Gasteiger partial charge in [0.15, 0.2) is 5.96 Å². The number of rotatable bonds is 5. The molecule has 25 heavy (non-hydrogen) atoms. The standard InChI is InChI=1S/C19H27N5S/c1-3-18-22-16(15-25-18)14-21-19(20-4-2)24-12-10-23(11-13-24)17-8-6-5-7-9-17/h5-9,15H,3-4,10-14H2,1-2H3,(H,20,21). The zero-order valence-corrected chi connectivity index (χ0v) is 15.9. The molecule has 0 spiro atoms. The van der Waals surface area contributed by atoms with E-state index >= 15 is 0 Å². The smallest absolute Gasteiger partial charge is 0.194 e. The Morgan fingerprint density at radius 2 is 1.92 bits per heavy atom. The number of hydrogen-bond donors (Lipinski definition) is 1. The van der Waals surface area contributed by atoms with E-state index in [9.17, 15) is 0 Å². The number of piperazine rings is 1. The molecule has 5 nitrogen and oxygen atoms in total. The number of anilines is 1. The maximum absolute atomic E-state index is 4.81. The Balaban J connectivity index is 1.60. The van der Waals surface area contributed by atoms with Crippen molar-refractivity contribution in [1.82, 2.24) is 15.2 Å². The van der Waals surface area contributed by atoms with Crippen molar-refractivity contribution in [3.8, 4) is 0 Å². The van der Waals surface area contributed by atoms with E-state index in [1.54, 1.807) is 11.3 Å². The highest BCUT2D eigenvalue weighted by Gasteiger charge is 2.19. The van der Waals surface area contributed by atoms with Crippen LogP contribution in [0, 0.1) is 0 Å². The lowest BCUT2D eigenvalue weighted by Crippen LogP contribution is -2.52. The summed E-state index contributed by atoms with van der Waals surface area (Å²) in [6.45, 7) is 9.80. The number of aliphatic imine (C=N–C) groups is 1. The Morgan fingerprint density at radius 1 is 1.16 bits per heavy atom. The van der Waals surface area contributed by atoms with Crippen LogP contribution in [0.3, 0.4) is 0 Å². The molecule has 0 saturated carbocycles. The second-order valence-corrected chi connectivity index (χ2v) is 7.01. The summed E-state index contributed by atoms with van der Waals surface area (Å²) < 4.78 is 0. The van der Waals surface area contributed by atoms with Crippen molar-refractivity contribution < 1.29 is 0 Å². The van der Waals surface area contributed by atoms with Crippen LogP contribution in [0.1, 0.15) is 24.5 Å². The van der Waals surface area contributed by atoms with Crippen molar-refractivity contribution in [2.24, 2.45) is 4.99 Å². The van der Waals surface area contributed by atoms with Crippen LogP contribution in [-0.4, -0.2) is 48.6 Å². The van der Waals surface area contributed by atoms with Crippen molar-refractivity contribution in [2.75, 3.05) is 37.6 Å². The lowest BCUT2D eigenvalue weighted by atomic mass is 10.2. The third kappa shape index (κ3) is 4.72. The van der Waals surface area contributed by atoms with Crippen LogP contribution < -0.4 is 10.2 Å². The van der Waals surface area contributed by atoms with Gasteiger partial charge in [-0.2, -0.15) is 0 Å². The third-order valence-electron chi connectivity index (χ3n) is 4.33. The monoisotopic (exact) mass is 357 g/mol. The summed E-state index contributed by atoms with van der Waals surface area (Å²) in [5, 5.41) is 6.74. The highest BCUT2D eigenvalue weighted by atomic mass is 32.1. The molecule has 134 valence electrons. The first kappa shape index (κ1) is 17.7. The molecule has 1 aromatic heterocycles. The van der Waals surface area contributed by atoms with E-state index in [2.05, 4.69) is 69.7 Å². The van der Waals surface area contributed by atoms with Gasteiger partial charge in [-0.25, -0.2) is 9.98 Å². The molecule has 1 aliphatic rings. The topological polar surface area (TPSA) is 43.8 Å². The van der Waals surface area contributed by atoms with Gasteiger partial charge in [-0.15, -0.1) is 11.3 Å². The minimum atomic E-state index is 0.651. The molecule has 0 amide bonds. The largest absolute Gasteiger partial charge is 0.368 e. The molecule has 1 aromatic carbocycles. The van der Waals surface area contributed by atoms with E-state index < -0.39 is 0 Å². The molecule has 1 fully saturated rings. The molecule has 0 atom stereocenters. The number of aromatic nitrogens is 1. The zero-order valence-electron chi connectivity index (χ0n) is 15.1. The van der Waals surface area contributed by atoms with Gasteiger partial charge in [-0.05, 0) is 25.5 Å². The number of hydrogen-bond acceptors (Lipinski definition) is 4. The summed E-state index contributed by atoms with van der Waals surface area (Å²) in [7, 11) is 0. The minimum Gasteiger partial charge on any atom is -0.368 e. The second-order valence-electron chi connectivity index (χ2n) is 6.07. The number of nitrogens with zero attached hydrogens (tertiary/aromatic N) is 4. The van der Waals surface area contributed by atoms with Gasteiger partial charge in [-0.1, -0.05) is 25.1 Å². The minimum absolute atomic E-state index is 0.651. The van der Waals surface area contributed by atoms with Crippen LogP contribution >= 0.6 is 11.3 Å². The zero-order chi connectivity index (χ0) is 17.5. The van der Waals surface area contributed by atoms with Crippen LogP contribution in [0.4, 0.5) is 5.69 Å². The molecule has 1 N–H and O–H groups in total. The Hall–Kier alpha value is -2.08. The first-order valence-corrected chi connectivity index (χ1v) is 9.94. The first-order valence-electron chi connectivity index (χ1n) is 9.06. The van der Waals surface area contributed by atoms with Crippen LogP contribution in [0.25, 0.3) is 0 Å². The predicted octanol–water partition coefficient (Wildman–Crippen LogP) is 2.99. The maximum Gasteiger partial charge on any atom is 0.194 e. The van der Waals surface area contributed by atoms with Crippen LogP contribution in [0.5, 0.6) is 0 Å². The fourth-order valence-electron chi connectivity index (χ4n) is 2.98. The van der Waals surface area contributed by atoms with Gasteiger partial charge < -0.3 is 15.1 Å². The van der Waals surface area contributed by atoms with Crippen molar-refractivity contribution in [3.05, 3.63) is 46.4 Å². The molecular weight excluding hydrogens is 330 g/mol. The molecule has 0 bridgehead atoms. The predicted molar refractivity (Wildman–Crippen MR) is 107 cm³/mol. The van der Waals surface area contributed by atoms with E-state index in [1.165, 1.54) is 10.7 Å². The summed E-state index contributed by atoms with van der Waals surface area (Å²) in [5.74, 6) is 1.00. The highest BCUT2D eigenvalue weighted by molar-refractivity contribution is 7.09. The molecule has 6 heteroatoms. The Labute approximate surface area is 154 Å². The lowest BCUT2D eigenvalue weighted by Gasteiger charge is -2.37. The Bertz CT molecular complexity index is 674. The van der Waals surface area contributed by atoms with E-state index in [4.69, 9.17) is 4.99 Å². The number of thiazole rings is 1. The average Bonchev–Trinajstić information content (AvgIpc) is 3.14. The number of aryl methyl sites for hydroxylation is 1.